The third-order valence-electron chi connectivity index (χ3n) is 4.96. The van der Waals surface area contributed by atoms with Crippen LogP contribution in [-0.4, -0.2) is 19.3 Å². The molecule has 0 amide bonds. The lowest BCUT2D eigenvalue weighted by Gasteiger charge is -2.35. The topological polar surface area (TPSA) is 30.5 Å². The van der Waals surface area contributed by atoms with E-state index in [1.54, 1.807) is 0 Å². The van der Waals surface area contributed by atoms with Gasteiger partial charge < -0.3 is 14.8 Å². The van der Waals surface area contributed by atoms with Crippen molar-refractivity contribution in [1.29, 1.82) is 0 Å². The monoisotopic (exact) mass is 289 g/mol. The summed E-state index contributed by atoms with van der Waals surface area (Å²) >= 11 is 0. The Kier molecular flexibility index (Phi) is 4.39. The smallest absolute Gasteiger partial charge is 0.161 e. The van der Waals surface area contributed by atoms with Crippen molar-refractivity contribution in [2.45, 2.75) is 52.1 Å². The predicted octanol–water partition coefficient (Wildman–Crippen LogP) is 3.93. The van der Waals surface area contributed by atoms with Gasteiger partial charge in [-0.3, -0.25) is 0 Å². The second-order valence-corrected chi connectivity index (χ2v) is 6.79. The Morgan fingerprint density at radius 1 is 1.10 bits per heavy atom. The molecule has 0 bridgehead atoms. The van der Waals surface area contributed by atoms with E-state index in [4.69, 9.17) is 9.47 Å². The summed E-state index contributed by atoms with van der Waals surface area (Å²) in [6.45, 7) is 8.30. The van der Waals surface area contributed by atoms with Crippen molar-refractivity contribution in [3.05, 3.63) is 23.8 Å². The van der Waals surface area contributed by atoms with Crippen molar-refractivity contribution in [3.8, 4) is 11.5 Å². The first kappa shape index (κ1) is 14.7. The minimum absolute atomic E-state index is 0.349. The molecule has 1 N–H and O–H groups in total. The second kappa shape index (κ2) is 6.27. The molecule has 1 aromatic rings. The molecule has 0 radical (unpaired) electrons. The van der Waals surface area contributed by atoms with Crippen LogP contribution < -0.4 is 14.8 Å². The van der Waals surface area contributed by atoms with Gasteiger partial charge in [0.15, 0.2) is 11.5 Å². The molecule has 0 spiro atoms. The van der Waals surface area contributed by atoms with E-state index in [0.29, 0.717) is 25.3 Å². The van der Waals surface area contributed by atoms with Crippen molar-refractivity contribution < 1.29 is 9.47 Å². The van der Waals surface area contributed by atoms with Crippen LogP contribution in [0.2, 0.25) is 0 Å². The molecule has 3 rings (SSSR count). The lowest BCUT2D eigenvalue weighted by molar-refractivity contribution is 0.171. The fourth-order valence-electron chi connectivity index (χ4n) is 3.66. The van der Waals surface area contributed by atoms with Gasteiger partial charge >= 0.3 is 0 Å². The lowest BCUT2D eigenvalue weighted by atomic mass is 9.79. The van der Waals surface area contributed by atoms with Gasteiger partial charge in [-0.25, -0.2) is 0 Å². The van der Waals surface area contributed by atoms with Crippen LogP contribution >= 0.6 is 0 Å². The molecule has 1 heterocycles. The molecule has 1 aromatic carbocycles. The standard InChI is InChI=1S/C18H27NO2/c1-12-4-6-16(13(2)10-12)19-14(3)15-5-7-17-18(11-15)21-9-8-20-17/h5,7,11-14,16,19H,4,6,8-10H2,1-3H3. The number of hydrogen-bond acceptors (Lipinski definition) is 3. The summed E-state index contributed by atoms with van der Waals surface area (Å²) in [4.78, 5) is 0. The maximum atomic E-state index is 5.69. The maximum absolute atomic E-state index is 5.69. The van der Waals surface area contributed by atoms with E-state index in [1.807, 2.05) is 6.07 Å². The van der Waals surface area contributed by atoms with Crippen LogP contribution in [0.15, 0.2) is 18.2 Å². The van der Waals surface area contributed by atoms with Crippen molar-refractivity contribution in [2.24, 2.45) is 11.8 Å². The first-order valence-electron chi connectivity index (χ1n) is 8.29. The summed E-state index contributed by atoms with van der Waals surface area (Å²) in [5.41, 5.74) is 1.28. The fraction of sp³-hybridized carbons (Fsp3) is 0.667. The number of fused-ring (bicyclic) bond motifs is 1. The molecule has 1 fully saturated rings. The molecule has 4 unspecified atom stereocenters. The normalized spacial score (nSPS) is 30.0. The van der Waals surface area contributed by atoms with Crippen molar-refractivity contribution >= 4 is 0 Å². The van der Waals surface area contributed by atoms with Crippen LogP contribution in [-0.2, 0) is 0 Å². The quantitative estimate of drug-likeness (QED) is 0.914. The molecule has 0 saturated heterocycles. The van der Waals surface area contributed by atoms with E-state index in [2.05, 4.69) is 38.2 Å². The van der Waals surface area contributed by atoms with Gasteiger partial charge in [-0.1, -0.05) is 19.9 Å². The zero-order valence-electron chi connectivity index (χ0n) is 13.4. The van der Waals surface area contributed by atoms with Gasteiger partial charge in [0.25, 0.3) is 0 Å². The highest BCUT2D eigenvalue weighted by Crippen LogP contribution is 2.34. The number of rotatable bonds is 3. The minimum Gasteiger partial charge on any atom is -0.486 e. The highest BCUT2D eigenvalue weighted by atomic mass is 16.6. The third-order valence-corrected chi connectivity index (χ3v) is 4.96. The lowest BCUT2D eigenvalue weighted by Crippen LogP contribution is -2.40. The number of nitrogens with one attached hydrogen (secondary N) is 1. The molecule has 1 aliphatic carbocycles. The first-order valence-corrected chi connectivity index (χ1v) is 8.29. The predicted molar refractivity (Wildman–Crippen MR) is 84.9 cm³/mol. The molecule has 116 valence electrons. The van der Waals surface area contributed by atoms with Gasteiger partial charge in [0.05, 0.1) is 0 Å². The zero-order valence-corrected chi connectivity index (χ0v) is 13.4. The van der Waals surface area contributed by atoms with Crippen molar-refractivity contribution in [2.75, 3.05) is 13.2 Å². The number of benzene rings is 1. The second-order valence-electron chi connectivity index (χ2n) is 6.79. The van der Waals surface area contributed by atoms with Crippen LogP contribution in [0.4, 0.5) is 0 Å². The molecule has 1 aliphatic heterocycles. The van der Waals surface area contributed by atoms with Gasteiger partial charge in [-0.2, -0.15) is 0 Å². The summed E-state index contributed by atoms with van der Waals surface area (Å²) in [5, 5.41) is 3.82. The van der Waals surface area contributed by atoms with Crippen molar-refractivity contribution in [1.82, 2.24) is 5.32 Å². The van der Waals surface area contributed by atoms with E-state index >= 15 is 0 Å². The van der Waals surface area contributed by atoms with Crippen LogP contribution in [0.25, 0.3) is 0 Å². The Balaban J connectivity index is 1.66. The number of hydrogen-bond donors (Lipinski definition) is 1. The van der Waals surface area contributed by atoms with Crippen LogP contribution in [0.3, 0.4) is 0 Å². The first-order chi connectivity index (χ1) is 10.1. The summed E-state index contributed by atoms with van der Waals surface area (Å²) in [6.07, 6.45) is 3.97. The molecule has 0 aromatic heterocycles. The molecule has 4 atom stereocenters. The van der Waals surface area contributed by atoms with Gasteiger partial charge in [-0.05, 0) is 55.7 Å². The van der Waals surface area contributed by atoms with Crippen molar-refractivity contribution in [3.63, 3.8) is 0 Å². The van der Waals surface area contributed by atoms with E-state index in [-0.39, 0.29) is 0 Å². The largest absolute Gasteiger partial charge is 0.486 e. The van der Waals surface area contributed by atoms with Gasteiger partial charge in [0, 0.05) is 12.1 Å². The maximum Gasteiger partial charge on any atom is 0.161 e. The van der Waals surface area contributed by atoms with E-state index in [0.717, 1.165) is 23.3 Å². The Hall–Kier alpha value is -1.22. The summed E-state index contributed by atoms with van der Waals surface area (Å²) in [6, 6.07) is 7.30. The van der Waals surface area contributed by atoms with Gasteiger partial charge in [-0.15, -0.1) is 0 Å². The summed E-state index contributed by atoms with van der Waals surface area (Å²) < 4.78 is 11.3. The molecular formula is C18H27NO2. The summed E-state index contributed by atoms with van der Waals surface area (Å²) in [7, 11) is 0. The van der Waals surface area contributed by atoms with Crippen LogP contribution in [0.1, 0.15) is 51.6 Å². The molecule has 21 heavy (non-hydrogen) atoms. The summed E-state index contributed by atoms with van der Waals surface area (Å²) in [5.74, 6) is 3.39. The molecular weight excluding hydrogens is 262 g/mol. The van der Waals surface area contributed by atoms with E-state index in [1.165, 1.54) is 24.8 Å². The minimum atomic E-state index is 0.349. The van der Waals surface area contributed by atoms with Crippen LogP contribution in [0.5, 0.6) is 11.5 Å². The average Bonchev–Trinajstić information content (AvgIpc) is 2.49. The number of ether oxygens (including phenoxy) is 2. The SMILES string of the molecule is CC1CCC(NC(C)c2ccc3c(c2)OCCO3)C(C)C1. The average molecular weight is 289 g/mol. The fourth-order valence-corrected chi connectivity index (χ4v) is 3.66. The Morgan fingerprint density at radius 3 is 2.62 bits per heavy atom. The highest BCUT2D eigenvalue weighted by molar-refractivity contribution is 5.44. The van der Waals surface area contributed by atoms with Crippen LogP contribution in [0, 0.1) is 11.8 Å². The third kappa shape index (κ3) is 3.34. The Labute approximate surface area is 128 Å². The zero-order chi connectivity index (χ0) is 14.8. The highest BCUT2D eigenvalue weighted by Gasteiger charge is 2.26. The molecule has 3 nitrogen and oxygen atoms in total. The molecule has 1 saturated carbocycles. The Morgan fingerprint density at radius 2 is 1.86 bits per heavy atom. The molecule has 2 aliphatic rings. The Bertz CT molecular complexity index is 488. The van der Waals surface area contributed by atoms with E-state index < -0.39 is 0 Å². The van der Waals surface area contributed by atoms with E-state index in [9.17, 15) is 0 Å². The van der Waals surface area contributed by atoms with Gasteiger partial charge in [0.1, 0.15) is 13.2 Å². The van der Waals surface area contributed by atoms with Gasteiger partial charge in [0.2, 0.25) is 0 Å². The molecule has 3 heteroatoms.